The van der Waals surface area contributed by atoms with Crippen LogP contribution in [0.3, 0.4) is 0 Å². The SMILES string of the molecule is Cc1cccc(C(=O)N2CC(Oc3ccc(-c4noc(-c5ccncc5)n4)cc3)C2)c1. The van der Waals surface area contributed by atoms with Gasteiger partial charge in [-0.2, -0.15) is 4.98 Å². The number of benzene rings is 2. The van der Waals surface area contributed by atoms with Crippen molar-refractivity contribution < 1.29 is 14.1 Å². The van der Waals surface area contributed by atoms with Crippen LogP contribution in [0.1, 0.15) is 15.9 Å². The van der Waals surface area contributed by atoms with Gasteiger partial charge in [-0.25, -0.2) is 0 Å². The van der Waals surface area contributed by atoms with Crippen molar-refractivity contribution in [2.75, 3.05) is 13.1 Å². The minimum atomic E-state index is -0.0110. The van der Waals surface area contributed by atoms with Crippen LogP contribution in [0.15, 0.2) is 77.6 Å². The highest BCUT2D eigenvalue weighted by Gasteiger charge is 2.32. The number of nitrogens with zero attached hydrogens (tertiary/aromatic N) is 4. The lowest BCUT2D eigenvalue weighted by Gasteiger charge is -2.39. The smallest absolute Gasteiger partial charge is 0.258 e. The number of rotatable bonds is 5. The molecule has 0 unspecified atom stereocenters. The van der Waals surface area contributed by atoms with E-state index in [0.29, 0.717) is 30.4 Å². The summed E-state index contributed by atoms with van der Waals surface area (Å²) in [6, 6.07) is 18.8. The minimum absolute atomic E-state index is 0.0110. The van der Waals surface area contributed by atoms with Gasteiger partial charge in [0.25, 0.3) is 11.8 Å². The Balaban J connectivity index is 1.18. The molecule has 2 aromatic heterocycles. The molecular formula is C24H20N4O3. The van der Waals surface area contributed by atoms with Gasteiger partial charge < -0.3 is 14.2 Å². The molecule has 0 spiro atoms. The number of carbonyl (C=O) groups is 1. The average molecular weight is 412 g/mol. The quantitative estimate of drug-likeness (QED) is 0.493. The van der Waals surface area contributed by atoms with E-state index in [0.717, 1.165) is 22.4 Å². The molecule has 4 aromatic rings. The average Bonchev–Trinajstić information content (AvgIpc) is 3.27. The summed E-state index contributed by atoms with van der Waals surface area (Å²) in [7, 11) is 0. The zero-order valence-electron chi connectivity index (χ0n) is 16.9. The van der Waals surface area contributed by atoms with Crippen molar-refractivity contribution in [1.29, 1.82) is 0 Å². The Kier molecular flexibility index (Phi) is 4.92. The molecule has 0 bridgehead atoms. The van der Waals surface area contributed by atoms with E-state index >= 15 is 0 Å². The van der Waals surface area contributed by atoms with Crippen LogP contribution in [0, 0.1) is 6.92 Å². The summed E-state index contributed by atoms with van der Waals surface area (Å²) in [5, 5.41) is 4.05. The fourth-order valence-electron chi connectivity index (χ4n) is 3.47. The van der Waals surface area contributed by atoms with E-state index in [2.05, 4.69) is 15.1 Å². The van der Waals surface area contributed by atoms with Gasteiger partial charge in [0.05, 0.1) is 13.1 Å². The number of pyridine rings is 1. The second kappa shape index (κ2) is 8.02. The van der Waals surface area contributed by atoms with Gasteiger partial charge in [-0.3, -0.25) is 9.78 Å². The first-order valence-electron chi connectivity index (χ1n) is 10.0. The number of amides is 1. The highest BCUT2D eigenvalue weighted by atomic mass is 16.5. The molecule has 0 saturated carbocycles. The second-order valence-electron chi connectivity index (χ2n) is 7.50. The van der Waals surface area contributed by atoms with Gasteiger partial charge in [0.15, 0.2) is 0 Å². The van der Waals surface area contributed by atoms with Gasteiger partial charge >= 0.3 is 0 Å². The van der Waals surface area contributed by atoms with Crippen LogP contribution in [-0.2, 0) is 0 Å². The lowest BCUT2D eigenvalue weighted by atomic mass is 10.1. The zero-order chi connectivity index (χ0) is 21.2. The fourth-order valence-corrected chi connectivity index (χ4v) is 3.47. The van der Waals surface area contributed by atoms with E-state index < -0.39 is 0 Å². The van der Waals surface area contributed by atoms with Crippen LogP contribution in [0.2, 0.25) is 0 Å². The molecule has 31 heavy (non-hydrogen) atoms. The lowest BCUT2D eigenvalue weighted by Crippen LogP contribution is -2.56. The van der Waals surface area contributed by atoms with Crippen LogP contribution in [0.5, 0.6) is 5.75 Å². The van der Waals surface area contributed by atoms with Crippen LogP contribution < -0.4 is 4.74 Å². The molecule has 7 heteroatoms. The van der Waals surface area contributed by atoms with Crippen molar-refractivity contribution in [1.82, 2.24) is 20.0 Å². The molecule has 1 aliphatic heterocycles. The molecular weight excluding hydrogens is 392 g/mol. The number of hydrogen-bond donors (Lipinski definition) is 0. The Morgan fingerprint density at radius 2 is 1.81 bits per heavy atom. The summed E-state index contributed by atoms with van der Waals surface area (Å²) in [6.07, 6.45) is 3.35. The third-order valence-electron chi connectivity index (χ3n) is 5.17. The number of ether oxygens (including phenoxy) is 1. The summed E-state index contributed by atoms with van der Waals surface area (Å²) in [4.78, 5) is 22.8. The summed E-state index contributed by atoms with van der Waals surface area (Å²) >= 11 is 0. The molecule has 0 N–H and O–H groups in total. The summed E-state index contributed by atoms with van der Waals surface area (Å²) in [5.41, 5.74) is 3.45. The zero-order valence-corrected chi connectivity index (χ0v) is 16.9. The van der Waals surface area contributed by atoms with Crippen LogP contribution >= 0.6 is 0 Å². The van der Waals surface area contributed by atoms with Gasteiger partial charge in [-0.15, -0.1) is 0 Å². The van der Waals surface area contributed by atoms with E-state index in [1.54, 1.807) is 17.3 Å². The monoisotopic (exact) mass is 412 g/mol. The maximum Gasteiger partial charge on any atom is 0.258 e. The highest BCUT2D eigenvalue weighted by Crippen LogP contribution is 2.25. The molecule has 1 amide bonds. The fraction of sp³-hybridized carbons (Fsp3) is 0.167. The maximum atomic E-state index is 12.5. The molecule has 5 rings (SSSR count). The summed E-state index contributed by atoms with van der Waals surface area (Å²) < 4.78 is 11.3. The highest BCUT2D eigenvalue weighted by molar-refractivity contribution is 5.95. The Hall–Kier alpha value is -4.00. The molecule has 1 aliphatic rings. The molecule has 0 atom stereocenters. The van der Waals surface area contributed by atoms with Crippen LogP contribution in [-0.4, -0.2) is 45.1 Å². The Morgan fingerprint density at radius 3 is 2.55 bits per heavy atom. The van der Waals surface area contributed by atoms with Crippen molar-refractivity contribution >= 4 is 5.91 Å². The van der Waals surface area contributed by atoms with Gasteiger partial charge in [-0.05, 0) is 55.5 Å². The topological polar surface area (TPSA) is 81.4 Å². The molecule has 2 aromatic carbocycles. The van der Waals surface area contributed by atoms with Crippen molar-refractivity contribution in [2.45, 2.75) is 13.0 Å². The normalized spacial score (nSPS) is 13.6. The molecule has 154 valence electrons. The molecule has 0 aliphatic carbocycles. The Labute approximate surface area is 179 Å². The molecule has 3 heterocycles. The first-order chi connectivity index (χ1) is 15.2. The van der Waals surface area contributed by atoms with Crippen molar-refractivity contribution in [3.8, 4) is 28.6 Å². The number of aromatic nitrogens is 3. The number of aryl methyl sites for hydroxylation is 1. The summed E-state index contributed by atoms with van der Waals surface area (Å²) in [6.45, 7) is 3.14. The molecule has 1 fully saturated rings. The predicted octanol–water partition coefficient (Wildman–Crippen LogP) is 4.01. The van der Waals surface area contributed by atoms with Crippen molar-refractivity contribution in [2.24, 2.45) is 0 Å². The molecule has 1 saturated heterocycles. The van der Waals surface area contributed by atoms with Gasteiger partial charge in [-0.1, -0.05) is 22.9 Å². The van der Waals surface area contributed by atoms with Gasteiger partial charge in [0, 0.05) is 29.1 Å². The Morgan fingerprint density at radius 1 is 1.03 bits per heavy atom. The molecule has 7 nitrogen and oxygen atoms in total. The Bertz CT molecular complexity index is 1200. The van der Waals surface area contributed by atoms with Gasteiger partial charge in [0.1, 0.15) is 11.9 Å². The van der Waals surface area contributed by atoms with Crippen LogP contribution in [0.25, 0.3) is 22.8 Å². The van der Waals surface area contributed by atoms with Crippen LogP contribution in [0.4, 0.5) is 0 Å². The van der Waals surface area contributed by atoms with E-state index in [4.69, 9.17) is 9.26 Å². The lowest BCUT2D eigenvalue weighted by molar-refractivity contribution is 0.0178. The van der Waals surface area contributed by atoms with E-state index in [1.165, 1.54) is 0 Å². The largest absolute Gasteiger partial charge is 0.487 e. The second-order valence-corrected chi connectivity index (χ2v) is 7.50. The number of hydrogen-bond acceptors (Lipinski definition) is 6. The minimum Gasteiger partial charge on any atom is -0.487 e. The molecule has 0 radical (unpaired) electrons. The van der Waals surface area contributed by atoms with Crippen molar-refractivity contribution in [3.05, 3.63) is 84.2 Å². The maximum absolute atomic E-state index is 12.5. The van der Waals surface area contributed by atoms with E-state index in [1.807, 2.05) is 67.6 Å². The first-order valence-corrected chi connectivity index (χ1v) is 10.0. The van der Waals surface area contributed by atoms with E-state index in [-0.39, 0.29) is 12.0 Å². The predicted molar refractivity (Wildman–Crippen MR) is 114 cm³/mol. The third-order valence-corrected chi connectivity index (χ3v) is 5.17. The number of likely N-dealkylation sites (tertiary alicyclic amines) is 1. The standard InChI is InChI=1S/C24H20N4O3/c1-16-3-2-4-19(13-16)24(29)28-14-21(15-28)30-20-7-5-17(6-8-20)22-26-23(31-27-22)18-9-11-25-12-10-18/h2-13,21H,14-15H2,1H3. The van der Waals surface area contributed by atoms with E-state index in [9.17, 15) is 4.79 Å². The van der Waals surface area contributed by atoms with Gasteiger partial charge in [0.2, 0.25) is 5.82 Å². The third kappa shape index (κ3) is 4.02. The van der Waals surface area contributed by atoms with Crippen molar-refractivity contribution in [3.63, 3.8) is 0 Å². The first kappa shape index (κ1) is 19.0. The summed E-state index contributed by atoms with van der Waals surface area (Å²) in [5.74, 6) is 1.75. The number of carbonyl (C=O) groups excluding carboxylic acids is 1.